The second-order valence-corrected chi connectivity index (χ2v) is 9.47. The van der Waals surface area contributed by atoms with Crippen molar-refractivity contribution in [2.24, 2.45) is 0 Å². The zero-order chi connectivity index (χ0) is 18.6. The van der Waals surface area contributed by atoms with Gasteiger partial charge in [-0.3, -0.25) is 4.79 Å². The largest absolute Gasteiger partial charge is 0.353 e. The Hall–Kier alpha value is -1.70. The molecule has 0 atom stereocenters. The van der Waals surface area contributed by atoms with E-state index < -0.39 is 10.0 Å². The molecule has 1 fully saturated rings. The molecule has 0 unspecified atom stereocenters. The molecule has 0 saturated carbocycles. The fraction of sp³-hybridized carbons (Fsp3) is 0.421. The summed E-state index contributed by atoms with van der Waals surface area (Å²) in [6.45, 7) is 2.91. The van der Waals surface area contributed by atoms with E-state index in [-0.39, 0.29) is 11.9 Å². The van der Waals surface area contributed by atoms with Gasteiger partial charge in [-0.1, -0.05) is 25.1 Å². The van der Waals surface area contributed by atoms with Gasteiger partial charge in [0, 0.05) is 24.0 Å². The summed E-state index contributed by atoms with van der Waals surface area (Å²) in [5, 5.41) is 4.99. The number of nitrogens with one attached hydrogen (secondary N) is 1. The van der Waals surface area contributed by atoms with Crippen molar-refractivity contribution in [1.29, 1.82) is 0 Å². The molecule has 1 amide bonds. The molecule has 1 N–H and O–H groups in total. The summed E-state index contributed by atoms with van der Waals surface area (Å²) >= 11 is 1.57. The highest BCUT2D eigenvalue weighted by atomic mass is 32.2. The standard InChI is InChI=1S/C19H24N2O3S2/c1-2-15-5-7-18(8-6-15)26(23,24)21-11-9-16(10-12-21)20-19(22)14-17-4-3-13-25-17/h3-8,13,16H,2,9-12,14H2,1H3,(H,20,22). The van der Waals surface area contributed by atoms with Crippen molar-refractivity contribution in [3.63, 3.8) is 0 Å². The molecule has 1 aromatic heterocycles. The second kappa shape index (κ2) is 8.33. The van der Waals surface area contributed by atoms with Crippen LogP contribution in [0.15, 0.2) is 46.7 Å². The SMILES string of the molecule is CCc1ccc(S(=O)(=O)N2CCC(NC(=O)Cc3cccs3)CC2)cc1. The predicted molar refractivity (Wildman–Crippen MR) is 104 cm³/mol. The van der Waals surface area contributed by atoms with E-state index in [9.17, 15) is 13.2 Å². The minimum atomic E-state index is -3.46. The summed E-state index contributed by atoms with van der Waals surface area (Å²) in [5.74, 6) is 0.00362. The average Bonchev–Trinajstić information content (AvgIpc) is 3.15. The van der Waals surface area contributed by atoms with Crippen LogP contribution in [0.5, 0.6) is 0 Å². The summed E-state index contributed by atoms with van der Waals surface area (Å²) in [4.78, 5) is 13.5. The summed E-state index contributed by atoms with van der Waals surface area (Å²) < 4.78 is 27.1. The van der Waals surface area contributed by atoms with Crippen molar-refractivity contribution in [2.45, 2.75) is 43.5 Å². The monoisotopic (exact) mass is 392 g/mol. The molecule has 1 aliphatic rings. The number of carbonyl (C=O) groups excluding carboxylic acids is 1. The highest BCUT2D eigenvalue weighted by Crippen LogP contribution is 2.21. The third kappa shape index (κ3) is 4.52. The van der Waals surface area contributed by atoms with E-state index in [4.69, 9.17) is 0 Å². The molecular weight excluding hydrogens is 368 g/mol. The van der Waals surface area contributed by atoms with Gasteiger partial charge in [0.2, 0.25) is 15.9 Å². The molecule has 0 bridgehead atoms. The van der Waals surface area contributed by atoms with Crippen molar-refractivity contribution in [1.82, 2.24) is 9.62 Å². The molecular formula is C19H24N2O3S2. The highest BCUT2D eigenvalue weighted by molar-refractivity contribution is 7.89. The minimum Gasteiger partial charge on any atom is -0.353 e. The van der Waals surface area contributed by atoms with Gasteiger partial charge in [-0.15, -0.1) is 11.3 Å². The molecule has 2 heterocycles. The van der Waals surface area contributed by atoms with Crippen LogP contribution in [0.2, 0.25) is 0 Å². The molecule has 0 spiro atoms. The number of carbonyl (C=O) groups is 1. The van der Waals surface area contributed by atoms with Crippen molar-refractivity contribution < 1.29 is 13.2 Å². The van der Waals surface area contributed by atoms with Crippen molar-refractivity contribution in [3.05, 3.63) is 52.2 Å². The summed E-state index contributed by atoms with van der Waals surface area (Å²) in [6.07, 6.45) is 2.56. The lowest BCUT2D eigenvalue weighted by atomic mass is 10.1. The number of aryl methyl sites for hydroxylation is 1. The number of rotatable bonds is 6. The molecule has 5 nitrogen and oxygen atoms in total. The quantitative estimate of drug-likeness (QED) is 0.822. The van der Waals surface area contributed by atoms with Crippen LogP contribution in [0.3, 0.4) is 0 Å². The van der Waals surface area contributed by atoms with Crippen LogP contribution < -0.4 is 5.32 Å². The van der Waals surface area contributed by atoms with Gasteiger partial charge in [-0.2, -0.15) is 4.31 Å². The lowest BCUT2D eigenvalue weighted by molar-refractivity contribution is -0.121. The van der Waals surface area contributed by atoms with Crippen molar-refractivity contribution >= 4 is 27.3 Å². The molecule has 0 radical (unpaired) electrons. The number of sulfonamides is 1. The van der Waals surface area contributed by atoms with Gasteiger partial charge in [0.1, 0.15) is 0 Å². The molecule has 1 aliphatic heterocycles. The lowest BCUT2D eigenvalue weighted by Gasteiger charge is -2.31. The minimum absolute atomic E-state index is 0.00362. The van der Waals surface area contributed by atoms with Crippen LogP contribution in [0.4, 0.5) is 0 Å². The first-order valence-corrected chi connectivity index (χ1v) is 11.2. The maximum Gasteiger partial charge on any atom is 0.243 e. The van der Waals surface area contributed by atoms with E-state index in [0.717, 1.165) is 16.9 Å². The predicted octanol–water partition coefficient (Wildman–Crippen LogP) is 2.82. The highest BCUT2D eigenvalue weighted by Gasteiger charge is 2.29. The van der Waals surface area contributed by atoms with Crippen LogP contribution in [-0.4, -0.2) is 37.8 Å². The Labute approximate surface area is 159 Å². The van der Waals surface area contributed by atoms with Crippen LogP contribution in [0.1, 0.15) is 30.2 Å². The first-order valence-electron chi connectivity index (χ1n) is 8.90. The number of hydrogen-bond donors (Lipinski definition) is 1. The van der Waals surface area contributed by atoms with Gasteiger partial charge in [-0.25, -0.2) is 8.42 Å². The fourth-order valence-electron chi connectivity index (χ4n) is 3.14. The number of piperidine rings is 1. The molecule has 26 heavy (non-hydrogen) atoms. The van der Waals surface area contributed by atoms with Gasteiger partial charge in [0.15, 0.2) is 0 Å². The third-order valence-electron chi connectivity index (χ3n) is 4.70. The van der Waals surface area contributed by atoms with E-state index in [1.54, 1.807) is 23.5 Å². The van der Waals surface area contributed by atoms with E-state index >= 15 is 0 Å². The van der Waals surface area contributed by atoms with E-state index in [1.165, 1.54) is 4.31 Å². The Kier molecular flexibility index (Phi) is 6.11. The molecule has 1 saturated heterocycles. The number of benzene rings is 1. The first-order chi connectivity index (χ1) is 12.5. The first kappa shape index (κ1) is 19.1. The lowest BCUT2D eigenvalue weighted by Crippen LogP contribution is -2.46. The van der Waals surface area contributed by atoms with Crippen LogP contribution in [0, 0.1) is 0 Å². The maximum absolute atomic E-state index is 12.8. The fourth-order valence-corrected chi connectivity index (χ4v) is 5.31. The zero-order valence-corrected chi connectivity index (χ0v) is 16.5. The zero-order valence-electron chi connectivity index (χ0n) is 14.8. The van der Waals surface area contributed by atoms with Crippen LogP contribution in [-0.2, 0) is 27.7 Å². The molecule has 0 aliphatic carbocycles. The number of nitrogens with zero attached hydrogens (tertiary/aromatic N) is 1. The number of amides is 1. The molecule has 1 aromatic carbocycles. The Morgan fingerprint density at radius 2 is 1.88 bits per heavy atom. The Morgan fingerprint density at radius 3 is 2.46 bits per heavy atom. The number of hydrogen-bond acceptors (Lipinski definition) is 4. The molecule has 7 heteroatoms. The van der Waals surface area contributed by atoms with Gasteiger partial charge in [-0.05, 0) is 48.4 Å². The van der Waals surface area contributed by atoms with Crippen molar-refractivity contribution in [2.75, 3.05) is 13.1 Å². The summed E-state index contributed by atoms with van der Waals surface area (Å²) in [7, 11) is -3.46. The molecule has 2 aromatic rings. The van der Waals surface area contributed by atoms with Crippen LogP contribution in [0.25, 0.3) is 0 Å². The Morgan fingerprint density at radius 1 is 1.19 bits per heavy atom. The summed E-state index contributed by atoms with van der Waals surface area (Å²) in [5.41, 5.74) is 1.12. The van der Waals surface area contributed by atoms with Gasteiger partial charge >= 0.3 is 0 Å². The topological polar surface area (TPSA) is 66.5 Å². The maximum atomic E-state index is 12.8. The van der Waals surface area contributed by atoms with E-state index in [2.05, 4.69) is 5.32 Å². The van der Waals surface area contributed by atoms with Gasteiger partial charge in [0.05, 0.1) is 11.3 Å². The third-order valence-corrected chi connectivity index (χ3v) is 7.49. The molecule has 140 valence electrons. The Bertz CT molecular complexity index is 822. The normalized spacial score (nSPS) is 16.5. The van der Waals surface area contributed by atoms with Gasteiger partial charge < -0.3 is 5.32 Å². The summed E-state index contributed by atoms with van der Waals surface area (Å²) in [6, 6.07) is 11.0. The molecule has 3 rings (SSSR count). The van der Waals surface area contributed by atoms with Crippen LogP contribution >= 0.6 is 11.3 Å². The average molecular weight is 393 g/mol. The van der Waals surface area contributed by atoms with Gasteiger partial charge in [0.25, 0.3) is 0 Å². The second-order valence-electron chi connectivity index (χ2n) is 6.50. The smallest absolute Gasteiger partial charge is 0.243 e. The number of thiophene rings is 1. The Balaban J connectivity index is 1.54. The van der Waals surface area contributed by atoms with E-state index in [1.807, 2.05) is 36.6 Å². The van der Waals surface area contributed by atoms with E-state index in [0.29, 0.717) is 37.2 Å². The van der Waals surface area contributed by atoms with Crippen molar-refractivity contribution in [3.8, 4) is 0 Å².